The molecule has 0 aliphatic carbocycles. The summed E-state index contributed by atoms with van der Waals surface area (Å²) in [5.74, 6) is 1.44. The highest BCUT2D eigenvalue weighted by Gasteiger charge is 2.25. The Morgan fingerprint density at radius 1 is 1.37 bits per heavy atom. The van der Waals surface area contributed by atoms with Gasteiger partial charge in [-0.05, 0) is 43.5 Å². The fraction of sp³-hybridized carbons (Fsp3) is 0.625. The predicted octanol–water partition coefficient (Wildman–Crippen LogP) is 2.55. The van der Waals surface area contributed by atoms with Crippen molar-refractivity contribution in [3.63, 3.8) is 0 Å². The largest absolute Gasteiger partial charge is 0.384 e. The molecule has 1 aromatic carbocycles. The lowest BCUT2D eigenvalue weighted by atomic mass is 9.98. The summed E-state index contributed by atoms with van der Waals surface area (Å²) in [5, 5.41) is 3.52. The second-order valence-corrected chi connectivity index (χ2v) is 5.86. The Morgan fingerprint density at radius 3 is 3.16 bits per heavy atom. The lowest BCUT2D eigenvalue weighted by Crippen LogP contribution is -2.24. The highest BCUT2D eigenvalue weighted by Crippen LogP contribution is 2.33. The van der Waals surface area contributed by atoms with Crippen molar-refractivity contribution in [2.75, 3.05) is 45.2 Å². The van der Waals surface area contributed by atoms with E-state index in [-0.39, 0.29) is 0 Å². The molecule has 0 bridgehead atoms. The summed E-state index contributed by atoms with van der Waals surface area (Å²) in [7, 11) is 1.81. The fourth-order valence-electron chi connectivity index (χ4n) is 3.44. The molecule has 2 aliphatic heterocycles. The SMILES string of the molecule is COCC1CCN(CCC2CNc3ccccc32)C1. The Kier molecular flexibility index (Phi) is 4.04. The molecule has 0 spiro atoms. The van der Waals surface area contributed by atoms with Gasteiger partial charge < -0.3 is 15.0 Å². The van der Waals surface area contributed by atoms with Crippen LogP contribution in [0.1, 0.15) is 24.3 Å². The molecule has 0 saturated carbocycles. The van der Waals surface area contributed by atoms with Crippen LogP contribution < -0.4 is 5.32 Å². The average molecular weight is 260 g/mol. The monoisotopic (exact) mass is 260 g/mol. The molecule has 104 valence electrons. The van der Waals surface area contributed by atoms with E-state index < -0.39 is 0 Å². The number of nitrogens with one attached hydrogen (secondary N) is 1. The van der Waals surface area contributed by atoms with Crippen LogP contribution in [0.2, 0.25) is 0 Å². The van der Waals surface area contributed by atoms with Crippen LogP contribution >= 0.6 is 0 Å². The molecule has 0 amide bonds. The summed E-state index contributed by atoms with van der Waals surface area (Å²) < 4.78 is 5.26. The van der Waals surface area contributed by atoms with E-state index in [1.165, 1.54) is 43.7 Å². The first kappa shape index (κ1) is 12.9. The van der Waals surface area contributed by atoms with E-state index in [9.17, 15) is 0 Å². The zero-order valence-corrected chi connectivity index (χ0v) is 11.8. The minimum atomic E-state index is 0.692. The third kappa shape index (κ3) is 2.93. The van der Waals surface area contributed by atoms with Crippen LogP contribution in [-0.4, -0.2) is 44.8 Å². The molecule has 1 saturated heterocycles. The van der Waals surface area contributed by atoms with Gasteiger partial charge in [0.15, 0.2) is 0 Å². The second kappa shape index (κ2) is 5.93. The number of para-hydroxylation sites is 1. The van der Waals surface area contributed by atoms with Crippen LogP contribution in [0.15, 0.2) is 24.3 Å². The van der Waals surface area contributed by atoms with Crippen LogP contribution in [0.5, 0.6) is 0 Å². The van der Waals surface area contributed by atoms with E-state index in [0.717, 1.165) is 19.1 Å². The third-order valence-corrected chi connectivity index (χ3v) is 4.51. The Morgan fingerprint density at radius 2 is 2.26 bits per heavy atom. The number of benzene rings is 1. The highest BCUT2D eigenvalue weighted by molar-refractivity contribution is 5.57. The quantitative estimate of drug-likeness (QED) is 0.880. The number of hydrogen-bond acceptors (Lipinski definition) is 3. The number of fused-ring (bicyclic) bond motifs is 1. The van der Waals surface area contributed by atoms with E-state index in [2.05, 4.69) is 34.5 Å². The van der Waals surface area contributed by atoms with E-state index >= 15 is 0 Å². The molecule has 0 aromatic heterocycles. The number of ether oxygens (including phenoxy) is 1. The molecular weight excluding hydrogens is 236 g/mol. The van der Waals surface area contributed by atoms with E-state index in [4.69, 9.17) is 4.74 Å². The summed E-state index contributed by atoms with van der Waals surface area (Å²) in [6.45, 7) is 5.71. The molecule has 1 N–H and O–H groups in total. The Balaban J connectivity index is 1.49. The highest BCUT2D eigenvalue weighted by atomic mass is 16.5. The predicted molar refractivity (Wildman–Crippen MR) is 78.7 cm³/mol. The van der Waals surface area contributed by atoms with Crippen molar-refractivity contribution in [2.45, 2.75) is 18.8 Å². The molecule has 3 nitrogen and oxygen atoms in total. The molecule has 2 unspecified atom stereocenters. The molecule has 2 aliphatic rings. The maximum Gasteiger partial charge on any atom is 0.0503 e. The number of methoxy groups -OCH3 is 1. The van der Waals surface area contributed by atoms with Crippen molar-refractivity contribution in [2.24, 2.45) is 5.92 Å². The molecular formula is C16H24N2O. The lowest BCUT2D eigenvalue weighted by Gasteiger charge is -2.18. The smallest absolute Gasteiger partial charge is 0.0503 e. The molecule has 1 fully saturated rings. The van der Waals surface area contributed by atoms with Crippen LogP contribution in [0.25, 0.3) is 0 Å². The zero-order valence-electron chi connectivity index (χ0n) is 11.8. The normalized spacial score (nSPS) is 26.4. The Bertz CT molecular complexity index is 421. The number of nitrogens with zero attached hydrogens (tertiary/aromatic N) is 1. The van der Waals surface area contributed by atoms with Gasteiger partial charge in [-0.25, -0.2) is 0 Å². The second-order valence-electron chi connectivity index (χ2n) is 5.86. The van der Waals surface area contributed by atoms with Gasteiger partial charge in [0.1, 0.15) is 0 Å². The zero-order chi connectivity index (χ0) is 13.1. The summed E-state index contributed by atoms with van der Waals surface area (Å²) in [6, 6.07) is 8.74. The van der Waals surface area contributed by atoms with Gasteiger partial charge in [0.25, 0.3) is 0 Å². The summed E-state index contributed by atoms with van der Waals surface area (Å²) >= 11 is 0. The van der Waals surface area contributed by atoms with Gasteiger partial charge in [-0.2, -0.15) is 0 Å². The minimum absolute atomic E-state index is 0.692. The van der Waals surface area contributed by atoms with E-state index in [0.29, 0.717) is 5.92 Å². The van der Waals surface area contributed by atoms with Crippen LogP contribution in [0.4, 0.5) is 5.69 Å². The first-order valence-electron chi connectivity index (χ1n) is 7.41. The first-order chi connectivity index (χ1) is 9.36. The van der Waals surface area contributed by atoms with Crippen molar-refractivity contribution in [1.29, 1.82) is 0 Å². The number of likely N-dealkylation sites (tertiary alicyclic amines) is 1. The van der Waals surface area contributed by atoms with E-state index in [1.807, 2.05) is 7.11 Å². The summed E-state index contributed by atoms with van der Waals surface area (Å²) in [4.78, 5) is 2.60. The van der Waals surface area contributed by atoms with E-state index in [1.54, 1.807) is 0 Å². The lowest BCUT2D eigenvalue weighted by molar-refractivity contribution is 0.153. The van der Waals surface area contributed by atoms with Crippen molar-refractivity contribution in [3.05, 3.63) is 29.8 Å². The maximum absolute atomic E-state index is 5.26. The molecule has 0 radical (unpaired) electrons. The van der Waals surface area contributed by atoms with Gasteiger partial charge in [0.2, 0.25) is 0 Å². The summed E-state index contributed by atoms with van der Waals surface area (Å²) in [6.07, 6.45) is 2.57. The van der Waals surface area contributed by atoms with Crippen LogP contribution in [0, 0.1) is 5.92 Å². The third-order valence-electron chi connectivity index (χ3n) is 4.51. The Labute approximate surface area is 115 Å². The van der Waals surface area contributed by atoms with Crippen LogP contribution in [0.3, 0.4) is 0 Å². The van der Waals surface area contributed by atoms with Crippen LogP contribution in [-0.2, 0) is 4.74 Å². The van der Waals surface area contributed by atoms with Crippen molar-refractivity contribution < 1.29 is 4.74 Å². The van der Waals surface area contributed by atoms with Gasteiger partial charge in [0.05, 0.1) is 6.61 Å². The molecule has 3 heteroatoms. The van der Waals surface area contributed by atoms with Gasteiger partial charge in [0, 0.05) is 31.8 Å². The maximum atomic E-state index is 5.26. The average Bonchev–Trinajstić information content (AvgIpc) is 3.04. The Hall–Kier alpha value is -1.06. The molecule has 19 heavy (non-hydrogen) atoms. The minimum Gasteiger partial charge on any atom is -0.384 e. The number of rotatable bonds is 5. The molecule has 2 atom stereocenters. The standard InChI is InChI=1S/C16H24N2O/c1-19-12-13-6-8-18(11-13)9-7-14-10-17-16-5-3-2-4-15(14)16/h2-5,13-14,17H,6-12H2,1H3. The van der Waals surface area contributed by atoms with Crippen molar-refractivity contribution in [3.8, 4) is 0 Å². The summed E-state index contributed by atoms with van der Waals surface area (Å²) in [5.41, 5.74) is 2.85. The van der Waals surface area contributed by atoms with Gasteiger partial charge in [-0.3, -0.25) is 0 Å². The molecule has 1 aromatic rings. The van der Waals surface area contributed by atoms with Gasteiger partial charge >= 0.3 is 0 Å². The van der Waals surface area contributed by atoms with Crippen molar-refractivity contribution in [1.82, 2.24) is 4.90 Å². The van der Waals surface area contributed by atoms with Gasteiger partial charge in [-0.15, -0.1) is 0 Å². The molecule has 3 rings (SSSR count). The molecule has 2 heterocycles. The topological polar surface area (TPSA) is 24.5 Å². The first-order valence-corrected chi connectivity index (χ1v) is 7.41. The fourth-order valence-corrected chi connectivity index (χ4v) is 3.44. The number of hydrogen-bond donors (Lipinski definition) is 1. The number of anilines is 1. The van der Waals surface area contributed by atoms with Crippen molar-refractivity contribution >= 4 is 5.69 Å². The van der Waals surface area contributed by atoms with Gasteiger partial charge in [-0.1, -0.05) is 18.2 Å².